The van der Waals surface area contributed by atoms with Crippen LogP contribution in [0, 0.1) is 16.0 Å². The Labute approximate surface area is 181 Å². The number of carbonyl (C=O) groups excluding carboxylic acids is 1. The minimum absolute atomic E-state index is 0.0222. The number of hydrogen-bond donors (Lipinski definition) is 1. The molecular formula is C23H28N4O4. The van der Waals surface area contributed by atoms with E-state index in [-0.39, 0.29) is 28.5 Å². The van der Waals surface area contributed by atoms with E-state index in [1.54, 1.807) is 19.2 Å². The zero-order chi connectivity index (χ0) is 21.8. The smallest absolute Gasteiger partial charge is 0.269 e. The number of ether oxygens (including phenoxy) is 1. The lowest BCUT2D eigenvalue weighted by molar-refractivity contribution is -0.384. The number of rotatable bonds is 7. The number of hydrogen-bond acceptors (Lipinski definition) is 6. The molecule has 1 fully saturated rings. The van der Waals surface area contributed by atoms with Crippen molar-refractivity contribution in [3.63, 3.8) is 0 Å². The van der Waals surface area contributed by atoms with Gasteiger partial charge in [0.05, 0.1) is 23.5 Å². The van der Waals surface area contributed by atoms with Gasteiger partial charge in [0.15, 0.2) is 0 Å². The van der Waals surface area contributed by atoms with E-state index in [9.17, 15) is 14.9 Å². The van der Waals surface area contributed by atoms with E-state index in [2.05, 4.69) is 27.2 Å². The highest BCUT2D eigenvalue weighted by Gasteiger charge is 2.41. The molecule has 8 nitrogen and oxygen atoms in total. The van der Waals surface area contributed by atoms with Gasteiger partial charge < -0.3 is 15.0 Å². The number of non-ortho nitro benzene ring substituents is 1. The summed E-state index contributed by atoms with van der Waals surface area (Å²) in [5.74, 6) is -0.296. The maximum atomic E-state index is 13.1. The lowest BCUT2D eigenvalue weighted by atomic mass is 9.83. The first kappa shape index (κ1) is 21.3. The van der Waals surface area contributed by atoms with Crippen LogP contribution in [0.5, 0.6) is 0 Å². The number of nitro benzene ring substituents is 1. The number of nitrogens with zero attached hydrogens (tertiary/aromatic N) is 3. The van der Waals surface area contributed by atoms with E-state index in [1.165, 1.54) is 5.56 Å². The molecule has 2 aromatic rings. The van der Waals surface area contributed by atoms with Crippen LogP contribution in [0.2, 0.25) is 0 Å². The van der Waals surface area contributed by atoms with E-state index in [0.717, 1.165) is 37.4 Å². The van der Waals surface area contributed by atoms with Crippen molar-refractivity contribution in [1.82, 2.24) is 10.2 Å². The highest BCUT2D eigenvalue weighted by Crippen LogP contribution is 2.38. The molecule has 1 amide bonds. The van der Waals surface area contributed by atoms with Crippen molar-refractivity contribution in [2.75, 3.05) is 44.8 Å². The van der Waals surface area contributed by atoms with Gasteiger partial charge >= 0.3 is 0 Å². The topological polar surface area (TPSA) is 87.9 Å². The first-order chi connectivity index (χ1) is 15.1. The first-order valence-corrected chi connectivity index (χ1v) is 10.6. The molecule has 0 aromatic heterocycles. The SMILES string of the molecule is COCCNC(=O)[C@H]1Cc2cc([N+](=O)[O-])ccc2N2CCN(Cc3ccccc3)C[C@@H]12. The van der Waals surface area contributed by atoms with E-state index in [4.69, 9.17) is 4.74 Å². The molecule has 2 aromatic carbocycles. The summed E-state index contributed by atoms with van der Waals surface area (Å²) in [6, 6.07) is 15.4. The number of benzene rings is 2. The largest absolute Gasteiger partial charge is 0.383 e. The Morgan fingerprint density at radius 1 is 1.23 bits per heavy atom. The number of methoxy groups -OCH3 is 1. The summed E-state index contributed by atoms with van der Waals surface area (Å²) in [5, 5.41) is 14.2. The van der Waals surface area contributed by atoms with Gasteiger partial charge in [-0.3, -0.25) is 19.8 Å². The molecule has 0 saturated carbocycles. The number of fused-ring (bicyclic) bond motifs is 3. The van der Waals surface area contributed by atoms with Crippen LogP contribution in [0.3, 0.4) is 0 Å². The summed E-state index contributed by atoms with van der Waals surface area (Å²) in [5.41, 5.74) is 3.20. The molecule has 1 saturated heterocycles. The summed E-state index contributed by atoms with van der Waals surface area (Å²) in [7, 11) is 1.60. The minimum Gasteiger partial charge on any atom is -0.383 e. The van der Waals surface area contributed by atoms with Gasteiger partial charge in [-0.2, -0.15) is 0 Å². The summed E-state index contributed by atoms with van der Waals surface area (Å²) >= 11 is 0. The fourth-order valence-corrected chi connectivity index (χ4v) is 4.68. The molecular weight excluding hydrogens is 396 g/mol. The Balaban J connectivity index is 1.58. The maximum Gasteiger partial charge on any atom is 0.269 e. The fourth-order valence-electron chi connectivity index (χ4n) is 4.68. The Morgan fingerprint density at radius 3 is 2.77 bits per heavy atom. The maximum absolute atomic E-state index is 13.1. The predicted molar refractivity (Wildman–Crippen MR) is 118 cm³/mol. The number of nitro groups is 1. The molecule has 0 spiro atoms. The van der Waals surface area contributed by atoms with Gasteiger partial charge in [0.25, 0.3) is 5.69 Å². The normalized spacial score (nSPS) is 20.6. The van der Waals surface area contributed by atoms with Gasteiger partial charge in [-0.1, -0.05) is 30.3 Å². The highest BCUT2D eigenvalue weighted by atomic mass is 16.6. The number of piperazine rings is 1. The molecule has 164 valence electrons. The molecule has 2 aliphatic heterocycles. The number of amides is 1. The van der Waals surface area contributed by atoms with Crippen molar-refractivity contribution < 1.29 is 14.5 Å². The average Bonchev–Trinajstić information content (AvgIpc) is 2.78. The van der Waals surface area contributed by atoms with Crippen LogP contribution in [0.1, 0.15) is 11.1 Å². The van der Waals surface area contributed by atoms with Crippen molar-refractivity contribution in [3.8, 4) is 0 Å². The Kier molecular flexibility index (Phi) is 6.48. The minimum atomic E-state index is -0.377. The average molecular weight is 425 g/mol. The monoisotopic (exact) mass is 424 g/mol. The lowest BCUT2D eigenvalue weighted by Gasteiger charge is -2.49. The Morgan fingerprint density at radius 2 is 2.03 bits per heavy atom. The van der Waals surface area contributed by atoms with Gasteiger partial charge in [0.2, 0.25) is 5.91 Å². The van der Waals surface area contributed by atoms with Gasteiger partial charge in [0.1, 0.15) is 0 Å². The molecule has 4 rings (SSSR count). The second kappa shape index (κ2) is 9.45. The highest BCUT2D eigenvalue weighted by molar-refractivity contribution is 5.82. The summed E-state index contributed by atoms with van der Waals surface area (Å²) in [4.78, 5) is 28.6. The quantitative estimate of drug-likeness (QED) is 0.417. The second-order valence-corrected chi connectivity index (χ2v) is 8.15. The van der Waals surface area contributed by atoms with Crippen molar-refractivity contribution in [2.45, 2.75) is 19.0 Å². The molecule has 0 bridgehead atoms. The predicted octanol–water partition coefficient (Wildman–Crippen LogP) is 2.22. The van der Waals surface area contributed by atoms with Gasteiger partial charge in [-0.15, -0.1) is 0 Å². The molecule has 0 unspecified atom stereocenters. The third-order valence-corrected chi connectivity index (χ3v) is 6.18. The molecule has 2 aliphatic rings. The second-order valence-electron chi connectivity index (χ2n) is 8.15. The lowest BCUT2D eigenvalue weighted by Crippen LogP contribution is -2.61. The number of nitrogens with one attached hydrogen (secondary N) is 1. The molecule has 0 radical (unpaired) electrons. The summed E-state index contributed by atoms with van der Waals surface area (Å²) < 4.78 is 5.06. The van der Waals surface area contributed by atoms with Crippen molar-refractivity contribution in [3.05, 3.63) is 69.8 Å². The molecule has 0 aliphatic carbocycles. The van der Waals surface area contributed by atoms with E-state index < -0.39 is 0 Å². The van der Waals surface area contributed by atoms with Crippen molar-refractivity contribution in [1.29, 1.82) is 0 Å². The van der Waals surface area contributed by atoms with E-state index in [1.807, 2.05) is 24.3 Å². The fraction of sp³-hybridized carbons (Fsp3) is 0.435. The van der Waals surface area contributed by atoms with E-state index in [0.29, 0.717) is 19.6 Å². The van der Waals surface area contributed by atoms with Gasteiger partial charge in [0, 0.05) is 57.7 Å². The molecule has 2 atom stereocenters. The number of carbonyl (C=O) groups is 1. The standard InChI is InChI=1S/C23H28N4O4/c1-31-12-9-24-23(28)20-14-18-13-19(27(29)30)7-8-21(18)26-11-10-25(16-22(20)26)15-17-5-3-2-4-6-17/h2-8,13,20,22H,9-12,14-16H2,1H3,(H,24,28)/t20-,22-/m0/s1. The molecule has 2 heterocycles. The molecule has 31 heavy (non-hydrogen) atoms. The summed E-state index contributed by atoms with van der Waals surface area (Å²) in [6.07, 6.45) is 0.496. The van der Waals surface area contributed by atoms with Crippen molar-refractivity contribution >= 4 is 17.3 Å². The van der Waals surface area contributed by atoms with Crippen LogP contribution >= 0.6 is 0 Å². The van der Waals surface area contributed by atoms with Crippen LogP contribution in [-0.4, -0.2) is 61.7 Å². The third-order valence-electron chi connectivity index (χ3n) is 6.18. The zero-order valence-electron chi connectivity index (χ0n) is 17.7. The number of anilines is 1. The summed E-state index contributed by atoms with van der Waals surface area (Å²) in [6.45, 7) is 4.18. The van der Waals surface area contributed by atoms with Crippen LogP contribution in [-0.2, 0) is 22.5 Å². The molecule has 8 heteroatoms. The van der Waals surface area contributed by atoms with Crippen LogP contribution < -0.4 is 10.2 Å². The van der Waals surface area contributed by atoms with Crippen LogP contribution in [0.15, 0.2) is 48.5 Å². The third kappa shape index (κ3) is 4.70. The van der Waals surface area contributed by atoms with Crippen LogP contribution in [0.4, 0.5) is 11.4 Å². The Bertz CT molecular complexity index is 936. The Hall–Kier alpha value is -2.97. The van der Waals surface area contributed by atoms with E-state index >= 15 is 0 Å². The van der Waals surface area contributed by atoms with Crippen molar-refractivity contribution in [2.24, 2.45) is 5.92 Å². The zero-order valence-corrected chi connectivity index (χ0v) is 17.7. The van der Waals surface area contributed by atoms with Gasteiger partial charge in [-0.05, 0) is 23.6 Å². The van der Waals surface area contributed by atoms with Crippen LogP contribution in [0.25, 0.3) is 0 Å². The van der Waals surface area contributed by atoms with Gasteiger partial charge in [-0.25, -0.2) is 0 Å². The first-order valence-electron chi connectivity index (χ1n) is 10.6. The molecule has 1 N–H and O–H groups in total.